The van der Waals surface area contributed by atoms with Crippen LogP contribution >= 0.6 is 0 Å². The maximum atomic E-state index is 4.49. The van der Waals surface area contributed by atoms with Gasteiger partial charge in [-0.05, 0) is 5.92 Å². The van der Waals surface area contributed by atoms with Crippen molar-refractivity contribution in [2.75, 3.05) is 0 Å². The van der Waals surface area contributed by atoms with Crippen molar-refractivity contribution in [2.24, 2.45) is 5.92 Å². The SMILES string of the molecule is CCc1n[nH]c(CC2CCCCCC2)n1. The van der Waals surface area contributed by atoms with E-state index < -0.39 is 0 Å². The van der Waals surface area contributed by atoms with E-state index in [0.717, 1.165) is 30.4 Å². The monoisotopic (exact) mass is 207 g/mol. The molecule has 1 saturated carbocycles. The van der Waals surface area contributed by atoms with Gasteiger partial charge in [0.1, 0.15) is 11.6 Å². The molecule has 84 valence electrons. The highest BCUT2D eigenvalue weighted by Crippen LogP contribution is 2.24. The lowest BCUT2D eigenvalue weighted by molar-refractivity contribution is 0.448. The molecule has 0 aliphatic heterocycles. The number of nitrogens with zero attached hydrogens (tertiary/aromatic N) is 2. The van der Waals surface area contributed by atoms with Gasteiger partial charge in [-0.1, -0.05) is 45.4 Å². The highest BCUT2D eigenvalue weighted by molar-refractivity contribution is 4.91. The summed E-state index contributed by atoms with van der Waals surface area (Å²) in [5, 5.41) is 7.25. The van der Waals surface area contributed by atoms with E-state index in [9.17, 15) is 0 Å². The van der Waals surface area contributed by atoms with Crippen molar-refractivity contribution in [3.05, 3.63) is 11.6 Å². The number of aryl methyl sites for hydroxylation is 1. The van der Waals surface area contributed by atoms with Gasteiger partial charge < -0.3 is 0 Å². The Morgan fingerprint density at radius 3 is 2.53 bits per heavy atom. The Morgan fingerprint density at radius 2 is 1.93 bits per heavy atom. The fourth-order valence-electron chi connectivity index (χ4n) is 2.43. The van der Waals surface area contributed by atoms with Gasteiger partial charge in [0.25, 0.3) is 0 Å². The maximum Gasteiger partial charge on any atom is 0.150 e. The Hall–Kier alpha value is -0.860. The molecule has 0 unspecified atom stereocenters. The molecule has 0 bridgehead atoms. The topological polar surface area (TPSA) is 41.6 Å². The van der Waals surface area contributed by atoms with Crippen LogP contribution < -0.4 is 0 Å². The fraction of sp³-hybridized carbons (Fsp3) is 0.833. The first kappa shape index (κ1) is 10.7. The fourth-order valence-corrected chi connectivity index (χ4v) is 2.43. The molecule has 1 aliphatic rings. The van der Waals surface area contributed by atoms with Gasteiger partial charge in [0.15, 0.2) is 0 Å². The van der Waals surface area contributed by atoms with E-state index in [1.54, 1.807) is 0 Å². The summed E-state index contributed by atoms with van der Waals surface area (Å²) in [5.74, 6) is 2.89. The van der Waals surface area contributed by atoms with Gasteiger partial charge >= 0.3 is 0 Å². The van der Waals surface area contributed by atoms with Crippen LogP contribution in [0.25, 0.3) is 0 Å². The minimum atomic E-state index is 0.838. The smallest absolute Gasteiger partial charge is 0.150 e. The zero-order valence-electron chi connectivity index (χ0n) is 9.63. The number of rotatable bonds is 3. The molecule has 2 rings (SSSR count). The van der Waals surface area contributed by atoms with Crippen LogP contribution in [0.2, 0.25) is 0 Å². The molecule has 1 fully saturated rings. The van der Waals surface area contributed by atoms with Gasteiger partial charge in [0.05, 0.1) is 0 Å². The van der Waals surface area contributed by atoms with Crippen LogP contribution in [0.1, 0.15) is 57.1 Å². The number of aromatic amines is 1. The summed E-state index contributed by atoms with van der Waals surface area (Å²) in [6, 6.07) is 0. The molecular weight excluding hydrogens is 186 g/mol. The molecule has 1 N–H and O–H groups in total. The second-order valence-electron chi connectivity index (χ2n) is 4.61. The lowest BCUT2D eigenvalue weighted by Gasteiger charge is -2.10. The molecule has 3 nitrogen and oxygen atoms in total. The van der Waals surface area contributed by atoms with Gasteiger partial charge in [0.2, 0.25) is 0 Å². The van der Waals surface area contributed by atoms with Crippen LogP contribution in [-0.4, -0.2) is 15.2 Å². The highest BCUT2D eigenvalue weighted by atomic mass is 15.2. The van der Waals surface area contributed by atoms with Crippen LogP contribution in [0, 0.1) is 5.92 Å². The average molecular weight is 207 g/mol. The largest absolute Gasteiger partial charge is 0.263 e. The summed E-state index contributed by atoms with van der Waals surface area (Å²) in [5.41, 5.74) is 0. The standard InChI is InChI=1S/C12H21N3/c1-2-11-13-12(15-14-11)9-10-7-5-3-4-6-8-10/h10H,2-9H2,1H3,(H,13,14,15). The van der Waals surface area contributed by atoms with Crippen molar-refractivity contribution in [1.82, 2.24) is 15.2 Å². The van der Waals surface area contributed by atoms with Crippen molar-refractivity contribution in [3.63, 3.8) is 0 Å². The van der Waals surface area contributed by atoms with E-state index in [4.69, 9.17) is 0 Å². The maximum absolute atomic E-state index is 4.49. The average Bonchev–Trinajstić information content (AvgIpc) is 2.54. The summed E-state index contributed by atoms with van der Waals surface area (Å²) in [6.45, 7) is 2.10. The van der Waals surface area contributed by atoms with Crippen LogP contribution in [0.3, 0.4) is 0 Å². The molecule has 1 aliphatic carbocycles. The summed E-state index contributed by atoms with van der Waals surface area (Å²) >= 11 is 0. The van der Waals surface area contributed by atoms with Gasteiger partial charge in [0, 0.05) is 12.8 Å². The van der Waals surface area contributed by atoms with E-state index in [0.29, 0.717) is 0 Å². The van der Waals surface area contributed by atoms with Gasteiger partial charge in [-0.25, -0.2) is 4.98 Å². The zero-order valence-corrected chi connectivity index (χ0v) is 9.63. The number of nitrogens with one attached hydrogen (secondary N) is 1. The molecule has 0 amide bonds. The normalized spacial score (nSPS) is 19.0. The molecule has 1 aromatic rings. The molecule has 0 aromatic carbocycles. The number of hydrogen-bond acceptors (Lipinski definition) is 2. The van der Waals surface area contributed by atoms with Crippen LogP contribution in [0.5, 0.6) is 0 Å². The van der Waals surface area contributed by atoms with Crippen molar-refractivity contribution >= 4 is 0 Å². The zero-order chi connectivity index (χ0) is 10.5. The van der Waals surface area contributed by atoms with E-state index in [1.165, 1.54) is 38.5 Å². The first-order valence-corrected chi connectivity index (χ1v) is 6.28. The third-order valence-corrected chi connectivity index (χ3v) is 3.35. The second kappa shape index (κ2) is 5.29. The Kier molecular flexibility index (Phi) is 3.75. The summed E-state index contributed by atoms with van der Waals surface area (Å²) in [6.07, 6.45) is 10.4. The number of aromatic nitrogens is 3. The lowest BCUT2D eigenvalue weighted by atomic mass is 9.96. The van der Waals surface area contributed by atoms with Crippen LogP contribution in [-0.2, 0) is 12.8 Å². The third kappa shape index (κ3) is 3.05. The summed E-state index contributed by atoms with van der Waals surface area (Å²) in [4.78, 5) is 4.49. The Morgan fingerprint density at radius 1 is 1.20 bits per heavy atom. The lowest BCUT2D eigenvalue weighted by Crippen LogP contribution is -2.04. The van der Waals surface area contributed by atoms with E-state index >= 15 is 0 Å². The van der Waals surface area contributed by atoms with Crippen molar-refractivity contribution in [3.8, 4) is 0 Å². The van der Waals surface area contributed by atoms with E-state index in [2.05, 4.69) is 22.1 Å². The molecule has 0 saturated heterocycles. The summed E-state index contributed by atoms with van der Waals surface area (Å²) < 4.78 is 0. The summed E-state index contributed by atoms with van der Waals surface area (Å²) in [7, 11) is 0. The third-order valence-electron chi connectivity index (χ3n) is 3.35. The Balaban J connectivity index is 1.89. The van der Waals surface area contributed by atoms with Crippen LogP contribution in [0.4, 0.5) is 0 Å². The molecule has 3 heteroatoms. The van der Waals surface area contributed by atoms with E-state index in [1.807, 2.05) is 0 Å². The molecule has 0 spiro atoms. The minimum Gasteiger partial charge on any atom is -0.263 e. The molecular formula is C12H21N3. The number of hydrogen-bond donors (Lipinski definition) is 1. The molecule has 15 heavy (non-hydrogen) atoms. The van der Waals surface area contributed by atoms with Crippen molar-refractivity contribution < 1.29 is 0 Å². The van der Waals surface area contributed by atoms with Gasteiger partial charge in [-0.3, -0.25) is 5.10 Å². The predicted molar refractivity (Wildman–Crippen MR) is 60.7 cm³/mol. The van der Waals surface area contributed by atoms with Gasteiger partial charge in [-0.15, -0.1) is 0 Å². The molecule has 0 radical (unpaired) electrons. The molecule has 1 aromatic heterocycles. The van der Waals surface area contributed by atoms with Crippen molar-refractivity contribution in [2.45, 2.75) is 58.3 Å². The van der Waals surface area contributed by atoms with Gasteiger partial charge in [-0.2, -0.15) is 5.10 Å². The predicted octanol–water partition coefficient (Wildman–Crippen LogP) is 2.88. The second-order valence-corrected chi connectivity index (χ2v) is 4.61. The Labute approximate surface area is 91.7 Å². The van der Waals surface area contributed by atoms with Crippen LogP contribution in [0.15, 0.2) is 0 Å². The molecule has 1 heterocycles. The quantitative estimate of drug-likeness (QED) is 0.774. The Bertz CT molecular complexity index is 285. The number of H-pyrrole nitrogens is 1. The highest BCUT2D eigenvalue weighted by Gasteiger charge is 2.14. The van der Waals surface area contributed by atoms with Crippen molar-refractivity contribution in [1.29, 1.82) is 0 Å². The van der Waals surface area contributed by atoms with E-state index in [-0.39, 0.29) is 0 Å². The first-order chi connectivity index (χ1) is 7.38. The minimum absolute atomic E-state index is 0.838. The first-order valence-electron chi connectivity index (χ1n) is 6.28. The molecule has 0 atom stereocenters.